The highest BCUT2D eigenvalue weighted by Gasteiger charge is 2.17. The first-order chi connectivity index (χ1) is 26.0. The number of rotatable bonds is 5. The molecule has 0 spiro atoms. The molecule has 8 aromatic rings. The van der Waals surface area contributed by atoms with Gasteiger partial charge in [-0.05, 0) is 125 Å². The van der Waals surface area contributed by atoms with Gasteiger partial charge in [0.05, 0.1) is 54.4 Å². The zero-order valence-electron chi connectivity index (χ0n) is 28.8. The molecule has 0 unspecified atom stereocenters. The van der Waals surface area contributed by atoms with Gasteiger partial charge in [0.15, 0.2) is 0 Å². The lowest BCUT2D eigenvalue weighted by atomic mass is 9.97. The van der Waals surface area contributed by atoms with Gasteiger partial charge in [-0.15, -0.1) is 0 Å². The van der Waals surface area contributed by atoms with Crippen LogP contribution in [0.3, 0.4) is 0 Å². The van der Waals surface area contributed by atoms with Crippen molar-refractivity contribution in [2.75, 3.05) is 14.2 Å². The Labute approximate surface area is 304 Å². The van der Waals surface area contributed by atoms with Gasteiger partial charge < -0.3 is 24.4 Å². The fourth-order valence-electron chi connectivity index (χ4n) is 7.29. The largest absolute Gasteiger partial charge is 0.497 e. The van der Waals surface area contributed by atoms with Crippen LogP contribution in [0.2, 0.25) is 0 Å². The number of ether oxygens (including phenoxy) is 2. The summed E-state index contributed by atoms with van der Waals surface area (Å²) in [7, 11) is 3.35. The van der Waals surface area contributed by atoms with E-state index in [1.165, 1.54) is 0 Å². The molecule has 53 heavy (non-hydrogen) atoms. The average molecular weight is 687 g/mol. The highest BCUT2D eigenvalue weighted by atomic mass is 16.5. The van der Waals surface area contributed by atoms with Crippen LogP contribution in [0, 0.1) is 22.7 Å². The summed E-state index contributed by atoms with van der Waals surface area (Å²) in [5.41, 5.74) is 13.8. The minimum absolute atomic E-state index is 0.586. The summed E-state index contributed by atoms with van der Waals surface area (Å²) < 4.78 is 11.5. The maximum Gasteiger partial charge on any atom is 0.126 e. The molecular weight excluding hydrogens is 657 g/mol. The number of benzene rings is 4. The summed E-state index contributed by atoms with van der Waals surface area (Å²) in [4.78, 5) is 16.4. The lowest BCUT2D eigenvalue weighted by Gasteiger charge is -2.13. The number of methoxy groups -OCH3 is 2. The lowest BCUT2D eigenvalue weighted by Crippen LogP contribution is -1.91. The molecule has 9 rings (SSSR count). The molecule has 8 heteroatoms. The van der Waals surface area contributed by atoms with Crippen LogP contribution >= 0.6 is 0 Å². The molecule has 8 bridgehead atoms. The molecule has 0 radical (unpaired) electrons. The van der Waals surface area contributed by atoms with E-state index in [9.17, 15) is 10.5 Å². The minimum Gasteiger partial charge on any atom is -0.497 e. The molecule has 252 valence electrons. The number of H-pyrrole nitrogens is 3. The first-order valence-electron chi connectivity index (χ1n) is 17.1. The van der Waals surface area contributed by atoms with Crippen molar-refractivity contribution in [3.8, 4) is 57.0 Å². The number of nitrogens with one attached hydrogen (secondary N) is 3. The molecule has 0 atom stereocenters. The van der Waals surface area contributed by atoms with Gasteiger partial charge in [-0.1, -0.05) is 24.3 Å². The molecule has 4 aromatic carbocycles. The van der Waals surface area contributed by atoms with Crippen LogP contribution in [0.15, 0.2) is 115 Å². The topological polar surface area (TPSA) is 126 Å². The van der Waals surface area contributed by atoms with Crippen molar-refractivity contribution >= 4 is 56.0 Å². The fraction of sp³-hybridized carbons (Fsp3) is 0.0444. The standard InChI is InChI=1S/C45H30N6O2/c1-52-30-11-12-31-33(23-30)32(13-22-42(31)53-2)45-40-20-18-38(50-40)43(28-7-3-26(24-46)4-8-28)36-16-14-34(48-36)35-15-17-37(49-35)44(39-19-21-41(45)51-39)29-9-5-27(25-47)6-10-29/h3-23,48,50-51H,1-2H3. The average Bonchev–Trinajstić information content (AvgIpc) is 4.05. The monoisotopic (exact) mass is 686 g/mol. The van der Waals surface area contributed by atoms with Gasteiger partial charge in [0, 0.05) is 49.7 Å². The maximum absolute atomic E-state index is 9.54. The molecule has 8 nitrogen and oxygen atoms in total. The van der Waals surface area contributed by atoms with Crippen LogP contribution in [0.1, 0.15) is 22.5 Å². The number of fused-ring (bicyclic) bond motifs is 10. The van der Waals surface area contributed by atoms with E-state index in [1.807, 2.05) is 91.0 Å². The molecule has 4 aromatic heterocycles. The zero-order chi connectivity index (χ0) is 36.1. The number of nitrogens with zero attached hydrogens (tertiary/aromatic N) is 3. The fourth-order valence-corrected chi connectivity index (χ4v) is 7.29. The lowest BCUT2D eigenvalue weighted by molar-refractivity contribution is 0.414. The van der Waals surface area contributed by atoms with Crippen molar-refractivity contribution in [1.82, 2.24) is 19.9 Å². The zero-order valence-corrected chi connectivity index (χ0v) is 28.8. The molecule has 0 saturated carbocycles. The Balaban J connectivity index is 1.46. The van der Waals surface area contributed by atoms with E-state index in [1.54, 1.807) is 14.2 Å². The number of hydrogen-bond acceptors (Lipinski definition) is 5. The molecule has 1 aliphatic rings. The van der Waals surface area contributed by atoms with Gasteiger partial charge in [0.25, 0.3) is 0 Å². The van der Waals surface area contributed by atoms with Crippen LogP contribution in [-0.4, -0.2) is 34.2 Å². The van der Waals surface area contributed by atoms with Crippen molar-refractivity contribution in [3.63, 3.8) is 0 Å². The summed E-state index contributed by atoms with van der Waals surface area (Å²) in [6, 6.07) is 42.3. The summed E-state index contributed by atoms with van der Waals surface area (Å²) in [6.45, 7) is 0. The van der Waals surface area contributed by atoms with E-state index >= 15 is 0 Å². The Bertz CT molecular complexity index is 2990. The van der Waals surface area contributed by atoms with Crippen molar-refractivity contribution in [3.05, 3.63) is 138 Å². The third-order valence-corrected chi connectivity index (χ3v) is 9.86. The molecule has 1 aliphatic heterocycles. The van der Waals surface area contributed by atoms with E-state index in [4.69, 9.17) is 14.5 Å². The predicted octanol–water partition coefficient (Wildman–Crippen LogP) is 10.6. The Morgan fingerprint density at radius 1 is 0.491 bits per heavy atom. The molecule has 0 saturated heterocycles. The molecular formula is C45H30N6O2. The highest BCUT2D eigenvalue weighted by Crippen LogP contribution is 2.41. The molecule has 0 aliphatic carbocycles. The number of hydrogen-bond donors (Lipinski definition) is 3. The smallest absolute Gasteiger partial charge is 0.126 e. The van der Waals surface area contributed by atoms with Gasteiger partial charge in [0.1, 0.15) is 11.5 Å². The summed E-state index contributed by atoms with van der Waals surface area (Å²) in [6.07, 6.45) is 4.05. The van der Waals surface area contributed by atoms with Crippen molar-refractivity contribution in [2.24, 2.45) is 0 Å². The third-order valence-electron chi connectivity index (χ3n) is 9.86. The van der Waals surface area contributed by atoms with E-state index in [0.29, 0.717) is 11.1 Å². The van der Waals surface area contributed by atoms with Gasteiger partial charge >= 0.3 is 0 Å². The predicted molar refractivity (Wildman–Crippen MR) is 212 cm³/mol. The second kappa shape index (κ2) is 12.6. The van der Waals surface area contributed by atoms with Gasteiger partial charge in [-0.2, -0.15) is 10.5 Å². The van der Waals surface area contributed by atoms with Gasteiger partial charge in [0.2, 0.25) is 0 Å². The quantitative estimate of drug-likeness (QED) is 0.166. The first kappa shape index (κ1) is 31.4. The van der Waals surface area contributed by atoms with E-state index in [0.717, 1.165) is 100 Å². The Hall–Kier alpha value is -7.55. The van der Waals surface area contributed by atoms with Gasteiger partial charge in [-0.3, -0.25) is 0 Å². The van der Waals surface area contributed by atoms with Crippen LogP contribution < -0.4 is 9.47 Å². The Morgan fingerprint density at radius 2 is 1.02 bits per heavy atom. The third kappa shape index (κ3) is 5.34. The summed E-state index contributed by atoms with van der Waals surface area (Å²) in [5.74, 6) is 1.50. The van der Waals surface area contributed by atoms with E-state index in [-0.39, 0.29) is 0 Å². The number of nitriles is 2. The highest BCUT2D eigenvalue weighted by molar-refractivity contribution is 6.09. The van der Waals surface area contributed by atoms with Crippen LogP contribution in [0.4, 0.5) is 0 Å². The second-order valence-electron chi connectivity index (χ2n) is 12.8. The van der Waals surface area contributed by atoms with Crippen molar-refractivity contribution in [2.45, 2.75) is 0 Å². The van der Waals surface area contributed by atoms with E-state index < -0.39 is 0 Å². The van der Waals surface area contributed by atoms with Crippen LogP contribution in [0.5, 0.6) is 11.5 Å². The molecule has 3 N–H and O–H groups in total. The number of aromatic nitrogens is 4. The molecule has 0 fully saturated rings. The SMILES string of the molecule is COc1ccc2c(OC)ccc(-c3c4ccc([nH]4)c(-c4ccc(C#N)cc4)c4nc(c5ccc([nH]5)c(-c5ccc(C#N)cc5)c5ccc3[nH]5)C=C4)c2c1. The molecule has 0 amide bonds. The normalized spacial score (nSPS) is 11.5. The molecule has 5 heterocycles. The Morgan fingerprint density at radius 3 is 1.60 bits per heavy atom. The van der Waals surface area contributed by atoms with Crippen molar-refractivity contribution < 1.29 is 9.47 Å². The van der Waals surface area contributed by atoms with Gasteiger partial charge in [-0.25, -0.2) is 4.98 Å². The summed E-state index contributed by atoms with van der Waals surface area (Å²) >= 11 is 0. The number of aromatic amines is 3. The van der Waals surface area contributed by atoms with Crippen LogP contribution in [-0.2, 0) is 0 Å². The summed E-state index contributed by atoms with van der Waals surface area (Å²) in [5, 5.41) is 21.0. The Kier molecular flexibility index (Phi) is 7.50. The first-order valence-corrected chi connectivity index (χ1v) is 17.1. The van der Waals surface area contributed by atoms with E-state index in [2.05, 4.69) is 63.5 Å². The second-order valence-corrected chi connectivity index (χ2v) is 12.8. The maximum atomic E-state index is 9.54. The van der Waals surface area contributed by atoms with Crippen molar-refractivity contribution in [1.29, 1.82) is 10.5 Å². The minimum atomic E-state index is 0.586. The van der Waals surface area contributed by atoms with Crippen LogP contribution in [0.25, 0.3) is 89.4 Å².